The summed E-state index contributed by atoms with van der Waals surface area (Å²) in [7, 11) is 0. The molecule has 0 spiro atoms. The lowest BCUT2D eigenvalue weighted by molar-refractivity contribution is -0.146. The summed E-state index contributed by atoms with van der Waals surface area (Å²) in [6.45, 7) is 4.11. The van der Waals surface area contributed by atoms with Crippen molar-refractivity contribution >= 4 is 11.8 Å². The number of aryl methyl sites for hydroxylation is 2. The number of ether oxygens (including phenoxy) is 1. The molecule has 1 aliphatic heterocycles. The predicted molar refractivity (Wildman–Crippen MR) is 188 cm³/mol. The minimum absolute atomic E-state index is 0.180. The monoisotopic (exact) mass is 612 g/mol. The van der Waals surface area contributed by atoms with Gasteiger partial charge in [-0.25, -0.2) is 0 Å². The van der Waals surface area contributed by atoms with Crippen molar-refractivity contribution in [1.82, 2.24) is 5.01 Å². The molecule has 47 heavy (non-hydrogen) atoms. The Morgan fingerprint density at radius 3 is 1.32 bits per heavy atom. The molecule has 7 rings (SSSR count). The van der Waals surface area contributed by atoms with Crippen LogP contribution in [0.1, 0.15) is 56.3 Å². The Morgan fingerprint density at radius 1 is 0.532 bits per heavy atom. The highest BCUT2D eigenvalue weighted by molar-refractivity contribution is 5.95. The highest BCUT2D eigenvalue weighted by Gasteiger charge is 2.54. The molecule has 1 aliphatic rings. The summed E-state index contributed by atoms with van der Waals surface area (Å²) in [6, 6.07) is 56.8. The molecule has 1 amide bonds. The smallest absolute Gasteiger partial charge is 0.259 e. The second-order valence-corrected chi connectivity index (χ2v) is 12.1. The average Bonchev–Trinajstić information content (AvgIpc) is 3.53. The molecular formula is C43H36N2O2. The van der Waals surface area contributed by atoms with Crippen LogP contribution in [0.3, 0.4) is 0 Å². The van der Waals surface area contributed by atoms with Gasteiger partial charge in [-0.05, 0) is 36.1 Å². The van der Waals surface area contributed by atoms with Crippen LogP contribution in [0, 0.1) is 13.8 Å². The first-order valence-electron chi connectivity index (χ1n) is 16.0. The second-order valence-electron chi connectivity index (χ2n) is 12.1. The lowest BCUT2D eigenvalue weighted by Gasteiger charge is -2.37. The van der Waals surface area contributed by atoms with Crippen molar-refractivity contribution in [1.29, 1.82) is 0 Å². The molecule has 0 radical (unpaired) electrons. The zero-order valence-electron chi connectivity index (χ0n) is 26.5. The van der Waals surface area contributed by atoms with Crippen LogP contribution in [0.15, 0.2) is 175 Å². The summed E-state index contributed by atoms with van der Waals surface area (Å²) in [4.78, 5) is 15.5. The van der Waals surface area contributed by atoms with Crippen LogP contribution in [0.25, 0.3) is 0 Å². The lowest BCUT2D eigenvalue weighted by atomic mass is 9.87. The number of benzene rings is 6. The van der Waals surface area contributed by atoms with Gasteiger partial charge in [0, 0.05) is 11.1 Å². The van der Waals surface area contributed by atoms with Crippen molar-refractivity contribution in [2.45, 2.75) is 31.4 Å². The third kappa shape index (κ3) is 5.75. The zero-order valence-corrected chi connectivity index (χ0v) is 26.5. The van der Waals surface area contributed by atoms with Gasteiger partial charge in [0.15, 0.2) is 0 Å². The van der Waals surface area contributed by atoms with Crippen molar-refractivity contribution in [3.63, 3.8) is 0 Å². The molecule has 0 N–H and O–H groups in total. The molecule has 4 heteroatoms. The Labute approximate surface area is 276 Å². The quantitative estimate of drug-likeness (QED) is 0.172. The summed E-state index contributed by atoms with van der Waals surface area (Å²) in [5.41, 5.74) is 6.36. The lowest BCUT2D eigenvalue weighted by Crippen LogP contribution is -2.47. The molecule has 4 nitrogen and oxygen atoms in total. The van der Waals surface area contributed by atoms with E-state index in [0.29, 0.717) is 5.90 Å². The minimum atomic E-state index is -1.36. The van der Waals surface area contributed by atoms with Gasteiger partial charge in [0.05, 0.1) is 11.8 Å². The fourth-order valence-corrected chi connectivity index (χ4v) is 6.45. The molecule has 0 bridgehead atoms. The number of hydrogen-bond acceptors (Lipinski definition) is 3. The number of carbonyl (C=O) groups excluding carboxylic acids is 1. The molecule has 0 atom stereocenters. The van der Waals surface area contributed by atoms with Crippen molar-refractivity contribution in [2.75, 3.05) is 0 Å². The molecule has 6 aromatic rings. The maximum Gasteiger partial charge on any atom is 0.259 e. The number of amides is 1. The van der Waals surface area contributed by atoms with E-state index in [1.165, 1.54) is 0 Å². The van der Waals surface area contributed by atoms with Crippen molar-refractivity contribution in [2.24, 2.45) is 5.10 Å². The molecule has 0 aliphatic carbocycles. The molecule has 0 aromatic heterocycles. The van der Waals surface area contributed by atoms with Crippen LogP contribution in [0.2, 0.25) is 0 Å². The second kappa shape index (κ2) is 12.9. The molecule has 0 saturated carbocycles. The predicted octanol–water partition coefficient (Wildman–Crippen LogP) is 9.34. The van der Waals surface area contributed by atoms with Crippen LogP contribution in [0.5, 0.6) is 0 Å². The largest absolute Gasteiger partial charge is 0.442 e. The fraction of sp³-hybridized carbons (Fsp3) is 0.116. The SMILES string of the molecule is Cc1ccc(C(C(=O)N2N=C(C(c3ccccc3)c3ccccc3)OC2(c2ccccc2)c2ccccc2)c2ccc(C)cc2)cc1. The minimum Gasteiger partial charge on any atom is -0.442 e. The van der Waals surface area contributed by atoms with Gasteiger partial charge in [0.2, 0.25) is 5.90 Å². The van der Waals surface area contributed by atoms with E-state index in [4.69, 9.17) is 9.84 Å². The van der Waals surface area contributed by atoms with E-state index < -0.39 is 11.6 Å². The summed E-state index contributed by atoms with van der Waals surface area (Å²) in [5.74, 6) is -0.698. The highest BCUT2D eigenvalue weighted by atomic mass is 16.6. The van der Waals surface area contributed by atoms with Crippen LogP contribution in [-0.4, -0.2) is 16.8 Å². The molecule has 1 heterocycles. The van der Waals surface area contributed by atoms with Gasteiger partial charge in [-0.15, -0.1) is 5.10 Å². The average molecular weight is 613 g/mol. The summed E-state index contributed by atoms with van der Waals surface area (Å²) < 4.78 is 7.24. The van der Waals surface area contributed by atoms with Crippen LogP contribution in [0.4, 0.5) is 0 Å². The first kappa shape index (κ1) is 29.9. The van der Waals surface area contributed by atoms with Gasteiger partial charge >= 0.3 is 0 Å². The van der Waals surface area contributed by atoms with E-state index in [9.17, 15) is 0 Å². The Balaban J connectivity index is 1.48. The van der Waals surface area contributed by atoms with E-state index in [2.05, 4.69) is 62.4 Å². The van der Waals surface area contributed by atoms with Crippen molar-refractivity contribution < 1.29 is 9.53 Å². The molecular weight excluding hydrogens is 576 g/mol. The third-order valence-corrected chi connectivity index (χ3v) is 8.87. The number of hydrogen-bond donors (Lipinski definition) is 0. The molecule has 230 valence electrons. The molecule has 6 aromatic carbocycles. The number of rotatable bonds is 8. The number of carbonyl (C=O) groups is 1. The van der Waals surface area contributed by atoms with Crippen LogP contribution >= 0.6 is 0 Å². The first-order chi connectivity index (χ1) is 23.0. The fourth-order valence-electron chi connectivity index (χ4n) is 6.45. The Kier molecular flexibility index (Phi) is 8.24. The molecule has 0 unspecified atom stereocenters. The van der Waals surface area contributed by atoms with E-state index in [1.54, 1.807) is 5.01 Å². The van der Waals surface area contributed by atoms with Gasteiger partial charge in [0.1, 0.15) is 0 Å². The highest BCUT2D eigenvalue weighted by Crippen LogP contribution is 2.47. The topological polar surface area (TPSA) is 41.9 Å². The Hall–Kier alpha value is -5.74. The van der Waals surface area contributed by atoms with Crippen LogP contribution in [-0.2, 0) is 15.3 Å². The maximum atomic E-state index is 15.5. The molecule has 0 fully saturated rings. The van der Waals surface area contributed by atoms with Crippen LogP contribution < -0.4 is 0 Å². The summed E-state index contributed by atoms with van der Waals surface area (Å²) in [5, 5.41) is 6.84. The third-order valence-electron chi connectivity index (χ3n) is 8.87. The summed E-state index contributed by atoms with van der Waals surface area (Å²) in [6.07, 6.45) is 0. The van der Waals surface area contributed by atoms with Gasteiger partial charge in [-0.1, -0.05) is 181 Å². The molecule has 0 saturated heterocycles. The normalized spacial score (nSPS) is 13.8. The Morgan fingerprint density at radius 2 is 0.915 bits per heavy atom. The van der Waals surface area contributed by atoms with Gasteiger partial charge in [0.25, 0.3) is 11.6 Å². The van der Waals surface area contributed by atoms with Gasteiger partial charge in [-0.2, -0.15) is 5.01 Å². The van der Waals surface area contributed by atoms with E-state index in [1.807, 2.05) is 121 Å². The first-order valence-corrected chi connectivity index (χ1v) is 16.0. The standard InChI is InChI=1S/C43H36N2O2/c1-31-23-27-35(28-24-31)40(36-29-25-32(2)26-30-36)42(46)45-43(37-19-11-5-12-20-37,38-21-13-6-14-22-38)47-41(44-45)39(33-15-7-3-8-16-33)34-17-9-4-10-18-34/h3-30,39-40H,1-2H3. The van der Waals surface area contributed by atoms with E-state index in [-0.39, 0.29) is 11.8 Å². The summed E-state index contributed by atoms with van der Waals surface area (Å²) >= 11 is 0. The Bertz CT molecular complexity index is 1850. The van der Waals surface area contributed by atoms with E-state index in [0.717, 1.165) is 44.5 Å². The zero-order chi connectivity index (χ0) is 32.2. The van der Waals surface area contributed by atoms with Crippen molar-refractivity contribution in [3.05, 3.63) is 214 Å². The van der Waals surface area contributed by atoms with Gasteiger partial charge in [-0.3, -0.25) is 4.79 Å². The number of nitrogens with zero attached hydrogens (tertiary/aromatic N) is 2. The van der Waals surface area contributed by atoms with Gasteiger partial charge < -0.3 is 4.74 Å². The van der Waals surface area contributed by atoms with Crippen molar-refractivity contribution in [3.8, 4) is 0 Å². The number of hydrazone groups is 1. The maximum absolute atomic E-state index is 15.5. The van der Waals surface area contributed by atoms with E-state index >= 15 is 4.79 Å².